The Morgan fingerprint density at radius 1 is 1.41 bits per heavy atom. The highest BCUT2D eigenvalue weighted by atomic mass is 35.5. The van der Waals surface area contributed by atoms with E-state index < -0.39 is 11.9 Å². The minimum Gasteiger partial charge on any atom is -0.479 e. The van der Waals surface area contributed by atoms with E-state index in [4.69, 9.17) is 33.2 Å². The number of carbonyl (C=O) groups is 2. The molecule has 1 aromatic rings. The van der Waals surface area contributed by atoms with Crippen LogP contribution < -0.4 is 10.2 Å². The first-order valence-electron chi connectivity index (χ1n) is 5.85. The van der Waals surface area contributed by atoms with E-state index in [2.05, 4.69) is 15.3 Å². The van der Waals surface area contributed by atoms with Gasteiger partial charge in [0, 0.05) is 0 Å². The average Bonchev–Trinajstić information content (AvgIpc) is 2.46. The van der Waals surface area contributed by atoms with Gasteiger partial charge in [-0.1, -0.05) is 23.2 Å². The Bertz CT molecular complexity index is 618. The van der Waals surface area contributed by atoms with Crippen molar-refractivity contribution in [1.82, 2.24) is 5.43 Å². The number of halogens is 2. The van der Waals surface area contributed by atoms with Gasteiger partial charge in [0.05, 0.1) is 29.4 Å². The van der Waals surface area contributed by atoms with Gasteiger partial charge in [-0.25, -0.2) is 10.2 Å². The van der Waals surface area contributed by atoms with Crippen LogP contribution in [-0.4, -0.2) is 31.8 Å². The van der Waals surface area contributed by atoms with Crippen LogP contribution in [0.3, 0.4) is 0 Å². The topological polar surface area (TPSA) is 101 Å². The number of hydrazone groups is 1. The Morgan fingerprint density at radius 3 is 2.59 bits per heavy atom. The number of nitrogens with one attached hydrogen (secondary N) is 1. The Kier molecular flexibility index (Phi) is 7.16. The van der Waals surface area contributed by atoms with Crippen molar-refractivity contribution in [3.63, 3.8) is 0 Å². The van der Waals surface area contributed by atoms with E-state index in [9.17, 15) is 9.59 Å². The van der Waals surface area contributed by atoms with Gasteiger partial charge in [-0.15, -0.1) is 0 Å². The van der Waals surface area contributed by atoms with Crippen molar-refractivity contribution in [3.05, 3.63) is 27.7 Å². The molecule has 0 aliphatic rings. The van der Waals surface area contributed by atoms with Gasteiger partial charge in [-0.2, -0.15) is 10.4 Å². The molecular weight excluding hydrogens is 333 g/mol. The number of hydrogen-bond donors (Lipinski definition) is 1. The van der Waals surface area contributed by atoms with Crippen LogP contribution >= 0.6 is 23.2 Å². The molecule has 1 rings (SSSR count). The zero-order valence-electron chi connectivity index (χ0n) is 11.4. The Morgan fingerprint density at radius 2 is 2.05 bits per heavy atom. The fraction of sp³-hybridized carbons (Fsp3) is 0.231. The van der Waals surface area contributed by atoms with E-state index in [1.807, 2.05) is 0 Å². The molecule has 0 aliphatic heterocycles. The van der Waals surface area contributed by atoms with E-state index >= 15 is 0 Å². The van der Waals surface area contributed by atoms with E-state index in [0.717, 1.165) is 0 Å². The molecule has 0 aromatic heterocycles. The molecule has 22 heavy (non-hydrogen) atoms. The summed E-state index contributed by atoms with van der Waals surface area (Å²) in [5.74, 6) is -0.966. The zero-order chi connectivity index (χ0) is 16.5. The quantitative estimate of drug-likeness (QED) is 0.483. The maximum atomic E-state index is 11.0. The summed E-state index contributed by atoms with van der Waals surface area (Å²) in [6, 6.07) is 4.66. The molecule has 1 aromatic carbocycles. The molecule has 0 bridgehead atoms. The summed E-state index contributed by atoms with van der Waals surface area (Å²) in [5.41, 5.74) is 2.66. The van der Waals surface area contributed by atoms with E-state index in [1.165, 1.54) is 25.5 Å². The number of amides is 1. The van der Waals surface area contributed by atoms with Crippen LogP contribution in [0.5, 0.6) is 5.75 Å². The van der Waals surface area contributed by atoms with Crippen molar-refractivity contribution >= 4 is 41.3 Å². The number of ether oxygens (including phenoxy) is 2. The maximum absolute atomic E-state index is 11.0. The minimum absolute atomic E-state index is 0.138. The van der Waals surface area contributed by atoms with E-state index in [1.54, 1.807) is 6.07 Å². The lowest BCUT2D eigenvalue weighted by atomic mass is 10.2. The Balaban J connectivity index is 2.77. The second-order valence-electron chi connectivity index (χ2n) is 3.81. The first-order chi connectivity index (χ1) is 10.5. The molecule has 0 saturated carbocycles. The van der Waals surface area contributed by atoms with Crippen LogP contribution in [0.2, 0.25) is 10.0 Å². The first-order valence-corrected chi connectivity index (χ1v) is 6.61. The third kappa shape index (κ3) is 5.60. The number of esters is 1. The smallest absolute Gasteiger partial charge is 0.343 e. The summed E-state index contributed by atoms with van der Waals surface area (Å²) in [7, 11) is 1.23. The number of carbonyl (C=O) groups excluding carboxylic acids is 2. The molecule has 0 saturated heterocycles. The van der Waals surface area contributed by atoms with Gasteiger partial charge >= 0.3 is 5.97 Å². The molecule has 0 spiro atoms. The van der Waals surface area contributed by atoms with Gasteiger partial charge in [-0.3, -0.25) is 4.79 Å². The van der Waals surface area contributed by atoms with Gasteiger partial charge in [-0.05, 0) is 17.7 Å². The number of nitrogens with zero attached hydrogens (tertiary/aromatic N) is 2. The number of benzene rings is 1. The fourth-order valence-electron chi connectivity index (χ4n) is 1.27. The van der Waals surface area contributed by atoms with E-state index in [-0.39, 0.29) is 28.8 Å². The molecule has 1 amide bonds. The standard InChI is InChI=1S/C13H11Cl2N3O4/c1-21-12(20)7-22-13-9(14)4-8(5-10(13)15)6-17-18-11(19)2-3-16/h4-6H,2,7H2,1H3,(H,18,19)/b17-6-. The molecular formula is C13H11Cl2N3O4. The molecule has 7 nitrogen and oxygen atoms in total. The van der Waals surface area contributed by atoms with Crippen molar-refractivity contribution in [2.75, 3.05) is 13.7 Å². The molecule has 0 heterocycles. The third-order valence-corrected chi connectivity index (χ3v) is 2.79. The monoisotopic (exact) mass is 343 g/mol. The summed E-state index contributed by atoms with van der Waals surface area (Å²) in [5, 5.41) is 12.3. The van der Waals surface area contributed by atoms with Crippen LogP contribution in [-0.2, 0) is 14.3 Å². The second kappa shape index (κ2) is 8.87. The fourth-order valence-corrected chi connectivity index (χ4v) is 1.89. The Hall–Kier alpha value is -2.30. The molecule has 0 unspecified atom stereocenters. The van der Waals surface area contributed by atoms with Gasteiger partial charge in [0.2, 0.25) is 0 Å². The molecule has 0 radical (unpaired) electrons. The highest BCUT2D eigenvalue weighted by molar-refractivity contribution is 6.37. The largest absolute Gasteiger partial charge is 0.479 e. The lowest BCUT2D eigenvalue weighted by Crippen LogP contribution is -2.16. The first kappa shape index (κ1) is 17.8. The SMILES string of the molecule is COC(=O)COc1c(Cl)cc(/C=N\NC(=O)CC#N)cc1Cl. The predicted octanol–water partition coefficient (Wildman–Crippen LogP) is 1.91. The van der Waals surface area contributed by atoms with Gasteiger partial charge in [0.1, 0.15) is 6.42 Å². The maximum Gasteiger partial charge on any atom is 0.343 e. The zero-order valence-corrected chi connectivity index (χ0v) is 12.9. The summed E-state index contributed by atoms with van der Waals surface area (Å²) in [4.78, 5) is 22.1. The molecule has 116 valence electrons. The number of hydrogen-bond acceptors (Lipinski definition) is 6. The number of nitriles is 1. The number of rotatable bonds is 6. The minimum atomic E-state index is -0.571. The summed E-state index contributed by atoms with van der Waals surface area (Å²) in [6.45, 7) is -0.326. The van der Waals surface area contributed by atoms with Crippen LogP contribution in [0.4, 0.5) is 0 Å². The molecule has 1 N–H and O–H groups in total. The predicted molar refractivity (Wildman–Crippen MR) is 79.9 cm³/mol. The molecule has 9 heteroatoms. The number of methoxy groups -OCH3 is 1. The Labute approximate surface area is 136 Å². The van der Waals surface area contributed by atoms with Crippen LogP contribution in [0.1, 0.15) is 12.0 Å². The molecule has 0 atom stereocenters. The highest BCUT2D eigenvalue weighted by Crippen LogP contribution is 2.33. The lowest BCUT2D eigenvalue weighted by molar-refractivity contribution is -0.142. The van der Waals surface area contributed by atoms with Crippen molar-refractivity contribution in [3.8, 4) is 11.8 Å². The van der Waals surface area contributed by atoms with Crippen molar-refractivity contribution in [2.24, 2.45) is 5.10 Å². The van der Waals surface area contributed by atoms with Crippen molar-refractivity contribution < 1.29 is 19.1 Å². The van der Waals surface area contributed by atoms with Crippen LogP contribution in [0.15, 0.2) is 17.2 Å². The lowest BCUT2D eigenvalue weighted by Gasteiger charge is -2.09. The summed E-state index contributed by atoms with van der Waals surface area (Å²) < 4.78 is 9.60. The van der Waals surface area contributed by atoms with Crippen LogP contribution in [0, 0.1) is 11.3 Å². The van der Waals surface area contributed by atoms with Crippen LogP contribution in [0.25, 0.3) is 0 Å². The summed E-state index contributed by atoms with van der Waals surface area (Å²) >= 11 is 12.0. The van der Waals surface area contributed by atoms with Gasteiger partial charge in [0.15, 0.2) is 12.4 Å². The highest BCUT2D eigenvalue weighted by Gasteiger charge is 2.11. The average molecular weight is 344 g/mol. The van der Waals surface area contributed by atoms with Crippen molar-refractivity contribution in [2.45, 2.75) is 6.42 Å². The second-order valence-corrected chi connectivity index (χ2v) is 4.62. The van der Waals surface area contributed by atoms with Gasteiger partial charge < -0.3 is 9.47 Å². The summed E-state index contributed by atoms with van der Waals surface area (Å²) in [6.07, 6.45) is 1.01. The normalized spacial score (nSPS) is 10.1. The van der Waals surface area contributed by atoms with Crippen molar-refractivity contribution in [1.29, 1.82) is 5.26 Å². The molecule has 0 fully saturated rings. The van der Waals surface area contributed by atoms with Gasteiger partial charge in [0.25, 0.3) is 5.91 Å². The third-order valence-electron chi connectivity index (χ3n) is 2.23. The van der Waals surface area contributed by atoms with E-state index in [0.29, 0.717) is 5.56 Å². The molecule has 0 aliphatic carbocycles.